The van der Waals surface area contributed by atoms with Crippen LogP contribution in [0.5, 0.6) is 0 Å². The average molecular weight is 388 g/mol. The predicted octanol–water partition coefficient (Wildman–Crippen LogP) is 3.92. The van der Waals surface area contributed by atoms with Gasteiger partial charge in [-0.05, 0) is 49.6 Å². The fraction of sp³-hybridized carbons (Fsp3) is 0.304. The summed E-state index contributed by atoms with van der Waals surface area (Å²) < 4.78 is 1.27. The van der Waals surface area contributed by atoms with Gasteiger partial charge in [0.1, 0.15) is 11.5 Å². The number of hydrogen-bond acceptors (Lipinski definition) is 4. The number of amides is 1. The Morgan fingerprint density at radius 1 is 1.00 bits per heavy atom. The minimum absolute atomic E-state index is 0.0883. The first-order chi connectivity index (χ1) is 14.1. The highest BCUT2D eigenvalue weighted by atomic mass is 16.2. The van der Waals surface area contributed by atoms with Gasteiger partial charge in [-0.1, -0.05) is 43.5 Å². The molecular weight excluding hydrogens is 364 g/mol. The van der Waals surface area contributed by atoms with Crippen molar-refractivity contribution in [2.75, 3.05) is 4.90 Å². The summed E-state index contributed by atoms with van der Waals surface area (Å²) >= 11 is 0. The van der Waals surface area contributed by atoms with E-state index < -0.39 is 0 Å². The number of rotatable bonds is 4. The van der Waals surface area contributed by atoms with Gasteiger partial charge in [0, 0.05) is 18.3 Å². The third-order valence-corrected chi connectivity index (χ3v) is 5.32. The summed E-state index contributed by atoms with van der Waals surface area (Å²) in [6, 6.07) is 16.0. The summed E-state index contributed by atoms with van der Waals surface area (Å²) in [5.41, 5.74) is 1.64. The quantitative estimate of drug-likeness (QED) is 0.679. The molecular formula is C23H24N4O2. The Morgan fingerprint density at radius 3 is 2.45 bits per heavy atom. The fourth-order valence-electron chi connectivity index (χ4n) is 3.80. The van der Waals surface area contributed by atoms with Crippen molar-refractivity contribution in [1.82, 2.24) is 14.8 Å². The molecule has 4 rings (SSSR count). The van der Waals surface area contributed by atoms with E-state index in [1.165, 1.54) is 23.2 Å². The number of carbonyl (C=O) groups excluding carboxylic acids is 1. The van der Waals surface area contributed by atoms with E-state index in [2.05, 4.69) is 10.1 Å². The molecule has 1 aromatic carbocycles. The van der Waals surface area contributed by atoms with Crippen LogP contribution in [0, 0.1) is 6.92 Å². The summed E-state index contributed by atoms with van der Waals surface area (Å²) in [4.78, 5) is 32.1. The van der Waals surface area contributed by atoms with E-state index >= 15 is 0 Å². The molecule has 0 bridgehead atoms. The molecule has 3 aromatic rings. The maximum atomic E-state index is 13.5. The molecule has 0 spiro atoms. The van der Waals surface area contributed by atoms with Crippen molar-refractivity contribution in [1.29, 1.82) is 0 Å². The zero-order chi connectivity index (χ0) is 20.2. The van der Waals surface area contributed by atoms with Crippen LogP contribution >= 0.6 is 0 Å². The highest BCUT2D eigenvalue weighted by Crippen LogP contribution is 2.27. The Labute approximate surface area is 169 Å². The van der Waals surface area contributed by atoms with E-state index in [0.717, 1.165) is 31.2 Å². The van der Waals surface area contributed by atoms with Crippen LogP contribution in [0.2, 0.25) is 0 Å². The van der Waals surface area contributed by atoms with Crippen LogP contribution in [0.25, 0.3) is 5.69 Å². The highest BCUT2D eigenvalue weighted by Gasteiger charge is 2.29. The molecule has 2 heterocycles. The van der Waals surface area contributed by atoms with Crippen molar-refractivity contribution in [2.24, 2.45) is 0 Å². The normalized spacial score (nSPS) is 14.5. The van der Waals surface area contributed by atoms with Crippen molar-refractivity contribution in [3.05, 3.63) is 82.4 Å². The molecule has 0 unspecified atom stereocenters. The van der Waals surface area contributed by atoms with Crippen LogP contribution in [0.1, 0.15) is 48.2 Å². The zero-order valence-corrected chi connectivity index (χ0v) is 16.5. The van der Waals surface area contributed by atoms with Crippen LogP contribution in [0.15, 0.2) is 65.6 Å². The van der Waals surface area contributed by atoms with E-state index in [4.69, 9.17) is 0 Å². The summed E-state index contributed by atoms with van der Waals surface area (Å²) in [5.74, 6) is 0.407. The van der Waals surface area contributed by atoms with E-state index in [0.29, 0.717) is 11.5 Å². The molecule has 0 N–H and O–H groups in total. The van der Waals surface area contributed by atoms with Crippen LogP contribution < -0.4 is 10.5 Å². The van der Waals surface area contributed by atoms with Gasteiger partial charge >= 0.3 is 0 Å². The average Bonchev–Trinajstić information content (AvgIpc) is 2.77. The second kappa shape index (κ2) is 8.39. The largest absolute Gasteiger partial charge is 0.288 e. The molecule has 6 heteroatoms. The monoisotopic (exact) mass is 388 g/mol. The summed E-state index contributed by atoms with van der Waals surface area (Å²) in [6.07, 6.45) is 7.04. The molecule has 1 aliphatic carbocycles. The van der Waals surface area contributed by atoms with Crippen LogP contribution in [0.4, 0.5) is 5.82 Å². The topological polar surface area (TPSA) is 68.1 Å². The zero-order valence-electron chi connectivity index (χ0n) is 16.5. The van der Waals surface area contributed by atoms with Crippen molar-refractivity contribution in [3.8, 4) is 5.69 Å². The Morgan fingerprint density at radius 2 is 1.76 bits per heavy atom. The molecule has 0 aliphatic heterocycles. The van der Waals surface area contributed by atoms with E-state index in [9.17, 15) is 9.59 Å². The number of anilines is 1. The first kappa shape index (κ1) is 19.1. The number of hydrogen-bond donors (Lipinski definition) is 0. The fourth-order valence-corrected chi connectivity index (χ4v) is 3.80. The number of benzene rings is 1. The van der Waals surface area contributed by atoms with Crippen molar-refractivity contribution >= 4 is 11.7 Å². The number of para-hydroxylation sites is 1. The van der Waals surface area contributed by atoms with Crippen LogP contribution in [0.3, 0.4) is 0 Å². The minimum Gasteiger partial charge on any atom is -0.288 e. The SMILES string of the molecule is Cc1ccc(N(C(=O)c2ccc(=O)n(-c3ccccc3)n2)C2CCCCC2)nc1. The number of pyridine rings is 1. The number of aromatic nitrogens is 3. The van der Waals surface area contributed by atoms with E-state index in [1.807, 2.05) is 37.3 Å². The lowest BCUT2D eigenvalue weighted by molar-refractivity contribution is 0.0963. The van der Waals surface area contributed by atoms with E-state index in [-0.39, 0.29) is 23.2 Å². The third kappa shape index (κ3) is 4.11. The second-order valence-electron chi connectivity index (χ2n) is 7.46. The predicted molar refractivity (Wildman–Crippen MR) is 112 cm³/mol. The first-order valence-corrected chi connectivity index (χ1v) is 10.1. The summed E-state index contributed by atoms with van der Waals surface area (Å²) in [7, 11) is 0. The smallest absolute Gasteiger partial charge is 0.280 e. The second-order valence-corrected chi connectivity index (χ2v) is 7.46. The van der Waals surface area contributed by atoms with Gasteiger partial charge in [0.2, 0.25) is 0 Å². The Bertz CT molecular complexity index is 1040. The molecule has 1 fully saturated rings. The Balaban J connectivity index is 1.74. The van der Waals surface area contributed by atoms with Gasteiger partial charge in [-0.3, -0.25) is 14.5 Å². The summed E-state index contributed by atoms with van der Waals surface area (Å²) in [5, 5.41) is 4.39. The molecule has 0 radical (unpaired) electrons. The molecule has 148 valence electrons. The molecule has 1 amide bonds. The third-order valence-electron chi connectivity index (χ3n) is 5.32. The Hall–Kier alpha value is -3.28. The van der Waals surface area contributed by atoms with Crippen LogP contribution in [-0.4, -0.2) is 26.7 Å². The molecule has 29 heavy (non-hydrogen) atoms. The number of aryl methyl sites for hydroxylation is 1. The molecule has 0 saturated heterocycles. The van der Waals surface area contributed by atoms with Crippen molar-refractivity contribution in [3.63, 3.8) is 0 Å². The lowest BCUT2D eigenvalue weighted by atomic mass is 9.94. The Kier molecular flexibility index (Phi) is 5.51. The van der Waals surface area contributed by atoms with Crippen LogP contribution in [-0.2, 0) is 0 Å². The van der Waals surface area contributed by atoms with Crippen molar-refractivity contribution in [2.45, 2.75) is 45.1 Å². The number of nitrogens with zero attached hydrogens (tertiary/aromatic N) is 4. The van der Waals surface area contributed by atoms with E-state index in [1.54, 1.807) is 23.2 Å². The van der Waals surface area contributed by atoms with Gasteiger partial charge in [-0.25, -0.2) is 4.98 Å². The van der Waals surface area contributed by atoms with Gasteiger partial charge in [-0.2, -0.15) is 9.78 Å². The van der Waals surface area contributed by atoms with Crippen molar-refractivity contribution < 1.29 is 4.79 Å². The molecule has 2 aromatic heterocycles. The molecule has 1 saturated carbocycles. The van der Waals surface area contributed by atoms with Gasteiger partial charge in [0.15, 0.2) is 0 Å². The highest BCUT2D eigenvalue weighted by molar-refractivity contribution is 6.04. The van der Waals surface area contributed by atoms with Gasteiger partial charge in [0.05, 0.1) is 5.69 Å². The lowest BCUT2D eigenvalue weighted by Gasteiger charge is -2.33. The maximum Gasteiger partial charge on any atom is 0.280 e. The standard InChI is InChI=1S/C23H24N4O2/c1-17-12-14-21(24-16-17)26(18-8-4-2-5-9-18)23(29)20-13-15-22(28)27(25-20)19-10-6-3-7-11-19/h3,6-7,10-16,18H,2,4-5,8-9H2,1H3. The molecule has 6 nitrogen and oxygen atoms in total. The first-order valence-electron chi connectivity index (χ1n) is 10.1. The summed E-state index contributed by atoms with van der Waals surface area (Å²) in [6.45, 7) is 1.97. The van der Waals surface area contributed by atoms with Gasteiger partial charge in [-0.15, -0.1) is 0 Å². The van der Waals surface area contributed by atoms with Gasteiger partial charge in [0.25, 0.3) is 11.5 Å². The minimum atomic E-state index is -0.273. The molecule has 0 atom stereocenters. The lowest BCUT2D eigenvalue weighted by Crippen LogP contribution is -2.43. The van der Waals surface area contributed by atoms with Gasteiger partial charge < -0.3 is 0 Å². The maximum absolute atomic E-state index is 13.5. The number of carbonyl (C=O) groups is 1. The molecule has 1 aliphatic rings.